The first kappa shape index (κ1) is 28.6. The van der Waals surface area contributed by atoms with Gasteiger partial charge in [-0.25, -0.2) is 4.98 Å². The monoisotopic (exact) mass is 489 g/mol. The second-order valence-corrected chi connectivity index (χ2v) is 8.93. The van der Waals surface area contributed by atoms with E-state index in [4.69, 9.17) is 15.2 Å². The van der Waals surface area contributed by atoms with Gasteiger partial charge in [0.2, 0.25) is 5.95 Å². The number of rotatable bonds is 20. The fourth-order valence-corrected chi connectivity index (χ4v) is 3.85. The predicted octanol–water partition coefficient (Wildman–Crippen LogP) is 5.26. The van der Waals surface area contributed by atoms with E-state index in [1.807, 2.05) is 0 Å². The van der Waals surface area contributed by atoms with Crippen molar-refractivity contribution < 1.29 is 14.3 Å². The average Bonchev–Trinajstić information content (AvgIpc) is 3.24. The normalized spacial score (nSPS) is 11.6. The average molecular weight is 490 g/mol. The third kappa shape index (κ3) is 12.0. The number of nitrogens with one attached hydrogen (secondary N) is 1. The number of anilines is 1. The lowest BCUT2D eigenvalue weighted by Gasteiger charge is -2.07. The minimum Gasteiger partial charge on any atom is -0.463 e. The molecule has 0 aliphatic rings. The van der Waals surface area contributed by atoms with Crippen LogP contribution in [-0.4, -0.2) is 38.7 Å². The first-order chi connectivity index (χ1) is 17.1. The molecule has 3 N–H and O–H groups in total. The van der Waals surface area contributed by atoms with Crippen LogP contribution in [-0.2, 0) is 21.0 Å². The smallest absolute Gasteiger partial charge is 0.305 e. The Hall–Kier alpha value is -2.68. The minimum atomic E-state index is -0.393. The van der Waals surface area contributed by atoms with Gasteiger partial charge in [0.1, 0.15) is 13.3 Å². The molecule has 0 aliphatic heterocycles. The van der Waals surface area contributed by atoms with Gasteiger partial charge in [-0.15, -0.1) is 0 Å². The van der Waals surface area contributed by atoms with E-state index in [0.29, 0.717) is 12.1 Å². The SMILES string of the molecule is CCCCCCCCC=CCCCCCCCC(=O)OCCOCn1cnc2c(=O)[nH]c(N)nc21. The number of nitrogens with two attached hydrogens (primary N) is 1. The summed E-state index contributed by atoms with van der Waals surface area (Å²) < 4.78 is 12.3. The zero-order valence-electron chi connectivity index (χ0n) is 21.3. The Kier molecular flexibility index (Phi) is 14.5. The Balaban J connectivity index is 1.39. The number of fused-ring (bicyclic) bond motifs is 1. The van der Waals surface area contributed by atoms with Crippen molar-refractivity contribution in [3.63, 3.8) is 0 Å². The van der Waals surface area contributed by atoms with Crippen LogP contribution in [0.5, 0.6) is 0 Å². The number of nitrogens with zero attached hydrogens (tertiary/aromatic N) is 3. The third-order valence-electron chi connectivity index (χ3n) is 5.86. The molecule has 0 spiro atoms. The number of aromatic amines is 1. The predicted molar refractivity (Wildman–Crippen MR) is 139 cm³/mol. The van der Waals surface area contributed by atoms with Crippen molar-refractivity contribution in [1.29, 1.82) is 0 Å². The summed E-state index contributed by atoms with van der Waals surface area (Å²) >= 11 is 0. The van der Waals surface area contributed by atoms with E-state index < -0.39 is 5.56 Å². The number of nitrogen functional groups attached to an aromatic ring is 1. The van der Waals surface area contributed by atoms with Crippen molar-refractivity contribution in [2.45, 2.75) is 104 Å². The Morgan fingerprint density at radius 3 is 2.37 bits per heavy atom. The Bertz CT molecular complexity index is 937. The summed E-state index contributed by atoms with van der Waals surface area (Å²) in [6.45, 7) is 2.83. The first-order valence-electron chi connectivity index (χ1n) is 13.2. The maximum Gasteiger partial charge on any atom is 0.305 e. The number of hydrogen-bond acceptors (Lipinski definition) is 7. The number of esters is 1. The van der Waals surface area contributed by atoms with Gasteiger partial charge in [-0.3, -0.25) is 19.1 Å². The molecule has 0 aromatic carbocycles. The van der Waals surface area contributed by atoms with Crippen LogP contribution < -0.4 is 11.3 Å². The number of ether oxygens (including phenoxy) is 2. The van der Waals surface area contributed by atoms with Crippen LogP contribution in [0, 0.1) is 0 Å². The van der Waals surface area contributed by atoms with Gasteiger partial charge in [0.25, 0.3) is 5.56 Å². The zero-order chi connectivity index (χ0) is 25.1. The summed E-state index contributed by atoms with van der Waals surface area (Å²) in [5.74, 6) is -0.172. The van der Waals surface area contributed by atoms with Crippen molar-refractivity contribution in [1.82, 2.24) is 19.5 Å². The molecule has 0 bridgehead atoms. The van der Waals surface area contributed by atoms with Crippen molar-refractivity contribution in [3.05, 3.63) is 28.8 Å². The highest BCUT2D eigenvalue weighted by molar-refractivity contribution is 5.70. The van der Waals surface area contributed by atoms with E-state index in [2.05, 4.69) is 34.0 Å². The lowest BCUT2D eigenvalue weighted by Crippen LogP contribution is -2.14. The standard InChI is InChI=1S/C26H43N5O4/c1-2-3-4-5-6-7-8-9-10-11-12-13-14-15-16-17-22(32)35-19-18-34-21-31-20-28-23-24(31)29-26(27)30-25(23)33/h9-10,20H,2-8,11-19,21H2,1H3,(H3,27,29,30,33). The summed E-state index contributed by atoms with van der Waals surface area (Å²) in [6.07, 6.45) is 22.6. The molecule has 2 rings (SSSR count). The van der Waals surface area contributed by atoms with Gasteiger partial charge in [-0.2, -0.15) is 4.98 Å². The fraction of sp³-hybridized carbons (Fsp3) is 0.692. The molecule has 2 heterocycles. The molecule has 35 heavy (non-hydrogen) atoms. The number of aromatic nitrogens is 4. The zero-order valence-corrected chi connectivity index (χ0v) is 21.3. The molecule has 2 aromatic rings. The molecule has 9 heteroatoms. The summed E-state index contributed by atoms with van der Waals surface area (Å²) in [5.41, 5.74) is 5.73. The number of imidazole rings is 1. The summed E-state index contributed by atoms with van der Waals surface area (Å²) in [4.78, 5) is 34.1. The topological polar surface area (TPSA) is 125 Å². The van der Waals surface area contributed by atoms with Crippen LogP contribution in [0.1, 0.15) is 96.8 Å². The van der Waals surface area contributed by atoms with Gasteiger partial charge in [-0.05, 0) is 32.1 Å². The lowest BCUT2D eigenvalue weighted by molar-refractivity contribution is -0.145. The van der Waals surface area contributed by atoms with Gasteiger partial charge in [0.05, 0.1) is 12.9 Å². The van der Waals surface area contributed by atoms with Crippen molar-refractivity contribution >= 4 is 23.1 Å². The molecule has 0 saturated carbocycles. The number of H-pyrrole nitrogens is 1. The highest BCUT2D eigenvalue weighted by atomic mass is 16.6. The van der Waals surface area contributed by atoms with Crippen LogP contribution in [0.2, 0.25) is 0 Å². The molecule has 2 aromatic heterocycles. The highest BCUT2D eigenvalue weighted by Crippen LogP contribution is 2.10. The number of carbonyl (C=O) groups is 1. The van der Waals surface area contributed by atoms with E-state index in [-0.39, 0.29) is 37.4 Å². The summed E-state index contributed by atoms with van der Waals surface area (Å²) in [5, 5.41) is 0. The van der Waals surface area contributed by atoms with Crippen LogP contribution in [0.15, 0.2) is 23.3 Å². The van der Waals surface area contributed by atoms with E-state index in [1.165, 1.54) is 64.1 Å². The van der Waals surface area contributed by atoms with Gasteiger partial charge >= 0.3 is 5.97 Å². The molecule has 0 aliphatic carbocycles. The molecule has 0 unspecified atom stereocenters. The summed E-state index contributed by atoms with van der Waals surface area (Å²) in [7, 11) is 0. The Morgan fingerprint density at radius 1 is 1.00 bits per heavy atom. The molecule has 0 atom stereocenters. The molecule has 0 saturated heterocycles. The van der Waals surface area contributed by atoms with Crippen molar-refractivity contribution in [2.75, 3.05) is 18.9 Å². The number of allylic oxidation sites excluding steroid dienone is 2. The van der Waals surface area contributed by atoms with Gasteiger partial charge < -0.3 is 15.2 Å². The second-order valence-electron chi connectivity index (χ2n) is 8.93. The lowest BCUT2D eigenvalue weighted by atomic mass is 10.1. The number of hydrogen-bond donors (Lipinski definition) is 2. The van der Waals surface area contributed by atoms with E-state index in [1.54, 1.807) is 4.57 Å². The first-order valence-corrected chi connectivity index (χ1v) is 13.2. The number of carbonyl (C=O) groups excluding carboxylic acids is 1. The van der Waals surface area contributed by atoms with Crippen LogP contribution >= 0.6 is 0 Å². The molecule has 9 nitrogen and oxygen atoms in total. The Labute approximate surface area is 208 Å². The van der Waals surface area contributed by atoms with E-state index in [9.17, 15) is 9.59 Å². The quantitative estimate of drug-likeness (QED) is 0.148. The third-order valence-corrected chi connectivity index (χ3v) is 5.86. The molecule has 0 amide bonds. The molecule has 0 fully saturated rings. The second kappa shape index (κ2) is 17.7. The molecular formula is C26H43N5O4. The van der Waals surface area contributed by atoms with E-state index >= 15 is 0 Å². The maximum atomic E-state index is 11.9. The van der Waals surface area contributed by atoms with Crippen LogP contribution in [0.4, 0.5) is 5.95 Å². The minimum absolute atomic E-state index is 0.0221. The molecule has 0 radical (unpaired) electrons. The van der Waals surface area contributed by atoms with Crippen molar-refractivity contribution in [3.8, 4) is 0 Å². The Morgan fingerprint density at radius 2 is 1.66 bits per heavy atom. The van der Waals surface area contributed by atoms with Gasteiger partial charge in [0, 0.05) is 6.42 Å². The van der Waals surface area contributed by atoms with Crippen LogP contribution in [0.3, 0.4) is 0 Å². The number of unbranched alkanes of at least 4 members (excludes halogenated alkanes) is 11. The molecule has 196 valence electrons. The van der Waals surface area contributed by atoms with Crippen LogP contribution in [0.25, 0.3) is 11.2 Å². The van der Waals surface area contributed by atoms with E-state index in [0.717, 1.165) is 25.7 Å². The largest absolute Gasteiger partial charge is 0.463 e. The van der Waals surface area contributed by atoms with Crippen molar-refractivity contribution in [2.24, 2.45) is 0 Å². The molecular weight excluding hydrogens is 446 g/mol. The maximum absolute atomic E-state index is 11.9. The summed E-state index contributed by atoms with van der Waals surface area (Å²) in [6, 6.07) is 0. The van der Waals surface area contributed by atoms with Gasteiger partial charge in [-0.1, -0.05) is 70.4 Å². The fourth-order valence-electron chi connectivity index (χ4n) is 3.85. The van der Waals surface area contributed by atoms with Gasteiger partial charge in [0.15, 0.2) is 11.2 Å². The highest BCUT2D eigenvalue weighted by Gasteiger charge is 2.09.